The second-order valence-corrected chi connectivity index (χ2v) is 5.25. The minimum Gasteiger partial charge on any atom is -0.463 e. The Bertz CT molecular complexity index is 747. The van der Waals surface area contributed by atoms with Crippen LogP contribution in [0.1, 0.15) is 38.2 Å². The molecule has 5 nitrogen and oxygen atoms in total. The summed E-state index contributed by atoms with van der Waals surface area (Å²) in [5.41, 5.74) is 6.18. The molecule has 1 heterocycles. The van der Waals surface area contributed by atoms with Gasteiger partial charge in [0.05, 0.1) is 18.1 Å². The molecule has 24 heavy (non-hydrogen) atoms. The molecular formula is C18H19FN2O3. The van der Waals surface area contributed by atoms with Crippen molar-refractivity contribution in [1.29, 1.82) is 5.26 Å². The highest BCUT2D eigenvalue weighted by Gasteiger charge is 2.38. The number of benzene rings is 1. The number of hydrogen-bond donors (Lipinski definition) is 1. The molecule has 0 saturated carbocycles. The van der Waals surface area contributed by atoms with Gasteiger partial charge >= 0.3 is 5.97 Å². The number of halogens is 1. The van der Waals surface area contributed by atoms with Crippen molar-refractivity contribution in [3.63, 3.8) is 0 Å². The summed E-state index contributed by atoms with van der Waals surface area (Å²) in [6, 6.07) is 7.92. The van der Waals surface area contributed by atoms with Gasteiger partial charge in [0.2, 0.25) is 5.88 Å². The molecule has 0 bridgehead atoms. The Morgan fingerprint density at radius 3 is 2.71 bits per heavy atom. The Labute approximate surface area is 140 Å². The summed E-state index contributed by atoms with van der Waals surface area (Å²) >= 11 is 0. The molecule has 0 amide bonds. The van der Waals surface area contributed by atoms with E-state index >= 15 is 0 Å². The number of carbonyl (C=O) groups excluding carboxylic acids is 1. The van der Waals surface area contributed by atoms with Crippen molar-refractivity contribution in [2.75, 3.05) is 6.61 Å². The number of carbonyl (C=O) groups is 1. The zero-order valence-electron chi connectivity index (χ0n) is 13.6. The summed E-state index contributed by atoms with van der Waals surface area (Å²) in [6.07, 6.45) is 1.12. The van der Waals surface area contributed by atoms with Gasteiger partial charge in [-0.25, -0.2) is 9.18 Å². The van der Waals surface area contributed by atoms with Gasteiger partial charge < -0.3 is 15.2 Å². The maximum Gasteiger partial charge on any atom is 0.338 e. The van der Waals surface area contributed by atoms with Crippen molar-refractivity contribution in [3.8, 4) is 6.07 Å². The average molecular weight is 330 g/mol. The molecule has 0 aromatic heterocycles. The van der Waals surface area contributed by atoms with Crippen LogP contribution in [0.3, 0.4) is 0 Å². The molecule has 1 aromatic carbocycles. The number of ether oxygens (including phenoxy) is 2. The second-order valence-electron chi connectivity index (χ2n) is 5.25. The van der Waals surface area contributed by atoms with Crippen molar-refractivity contribution in [2.24, 2.45) is 5.73 Å². The van der Waals surface area contributed by atoms with Gasteiger partial charge in [-0.2, -0.15) is 5.26 Å². The van der Waals surface area contributed by atoms with Crippen molar-refractivity contribution in [3.05, 3.63) is 58.4 Å². The van der Waals surface area contributed by atoms with Gasteiger partial charge in [0.1, 0.15) is 23.2 Å². The fourth-order valence-electron chi connectivity index (χ4n) is 2.68. The molecule has 0 aliphatic carbocycles. The highest BCUT2D eigenvalue weighted by molar-refractivity contribution is 5.92. The summed E-state index contributed by atoms with van der Waals surface area (Å²) in [4.78, 5) is 12.5. The van der Waals surface area contributed by atoms with Crippen LogP contribution in [0.4, 0.5) is 4.39 Å². The Kier molecular flexibility index (Phi) is 5.59. The summed E-state index contributed by atoms with van der Waals surface area (Å²) in [6.45, 7) is 3.75. The number of hydrogen-bond acceptors (Lipinski definition) is 5. The predicted octanol–water partition coefficient (Wildman–Crippen LogP) is 3.25. The standard InChI is InChI=1S/C18H19FN2O3/c1-3-7-14-16(18(22)23-4-2)15(12(10-20)17(21)24-14)11-8-5-6-9-13(11)19/h5-6,8-9,15H,3-4,7,21H2,1-2H3/t15-/m1/s1. The van der Waals surface area contributed by atoms with E-state index in [-0.39, 0.29) is 29.2 Å². The van der Waals surface area contributed by atoms with E-state index in [9.17, 15) is 14.4 Å². The van der Waals surface area contributed by atoms with E-state index in [0.717, 1.165) is 0 Å². The van der Waals surface area contributed by atoms with E-state index in [1.54, 1.807) is 13.0 Å². The normalized spacial score (nSPS) is 17.3. The third-order valence-corrected chi connectivity index (χ3v) is 3.69. The summed E-state index contributed by atoms with van der Waals surface area (Å²) in [5, 5.41) is 9.46. The molecule has 0 saturated heterocycles. The largest absolute Gasteiger partial charge is 0.463 e. The topological polar surface area (TPSA) is 85.3 Å². The van der Waals surface area contributed by atoms with E-state index < -0.39 is 17.7 Å². The first-order chi connectivity index (χ1) is 11.5. The van der Waals surface area contributed by atoms with Gasteiger partial charge in [-0.05, 0) is 19.4 Å². The molecule has 0 spiro atoms. The van der Waals surface area contributed by atoms with Crippen LogP contribution in [0.15, 0.2) is 47.1 Å². The zero-order valence-corrected chi connectivity index (χ0v) is 13.6. The van der Waals surface area contributed by atoms with Gasteiger partial charge in [0, 0.05) is 12.0 Å². The van der Waals surface area contributed by atoms with Crippen LogP contribution in [0.2, 0.25) is 0 Å². The quantitative estimate of drug-likeness (QED) is 0.838. The molecule has 6 heteroatoms. The first-order valence-electron chi connectivity index (χ1n) is 7.77. The molecule has 1 aliphatic rings. The average Bonchev–Trinajstić information content (AvgIpc) is 2.55. The third-order valence-electron chi connectivity index (χ3n) is 3.69. The first kappa shape index (κ1) is 17.5. The zero-order chi connectivity index (χ0) is 17.7. The molecule has 2 N–H and O–H groups in total. The van der Waals surface area contributed by atoms with Crippen LogP contribution < -0.4 is 5.73 Å². The molecule has 1 atom stereocenters. The van der Waals surface area contributed by atoms with Crippen molar-refractivity contribution in [2.45, 2.75) is 32.6 Å². The van der Waals surface area contributed by atoms with Gasteiger partial charge in [-0.15, -0.1) is 0 Å². The number of allylic oxidation sites excluding steroid dienone is 2. The lowest BCUT2D eigenvalue weighted by molar-refractivity contribution is -0.139. The lowest BCUT2D eigenvalue weighted by Gasteiger charge is -2.28. The summed E-state index contributed by atoms with van der Waals surface area (Å²) in [5.74, 6) is -1.88. The van der Waals surface area contributed by atoms with Gasteiger partial charge in [0.15, 0.2) is 0 Å². The molecule has 126 valence electrons. The maximum atomic E-state index is 14.4. The number of nitrogens with two attached hydrogens (primary N) is 1. The van der Waals surface area contributed by atoms with Gasteiger partial charge in [-0.1, -0.05) is 25.1 Å². The Balaban J connectivity index is 2.69. The fourth-order valence-corrected chi connectivity index (χ4v) is 2.68. The monoisotopic (exact) mass is 330 g/mol. The highest BCUT2D eigenvalue weighted by atomic mass is 19.1. The second kappa shape index (κ2) is 7.64. The molecule has 0 fully saturated rings. The third kappa shape index (κ3) is 3.25. The van der Waals surface area contributed by atoms with Crippen LogP contribution in [0.5, 0.6) is 0 Å². The number of esters is 1. The maximum absolute atomic E-state index is 14.4. The minimum absolute atomic E-state index is 0.00278. The van der Waals surface area contributed by atoms with Crippen molar-refractivity contribution in [1.82, 2.24) is 0 Å². The highest BCUT2D eigenvalue weighted by Crippen LogP contribution is 2.41. The Morgan fingerprint density at radius 1 is 1.42 bits per heavy atom. The summed E-state index contributed by atoms with van der Waals surface area (Å²) < 4.78 is 25.0. The summed E-state index contributed by atoms with van der Waals surface area (Å²) in [7, 11) is 0. The van der Waals surface area contributed by atoms with Gasteiger partial charge in [0.25, 0.3) is 0 Å². The van der Waals surface area contributed by atoms with E-state index in [1.165, 1.54) is 18.2 Å². The number of rotatable bonds is 5. The smallest absolute Gasteiger partial charge is 0.338 e. The number of nitrogens with zero attached hydrogens (tertiary/aromatic N) is 1. The van der Waals surface area contributed by atoms with E-state index in [0.29, 0.717) is 18.6 Å². The Hall–Kier alpha value is -2.81. The molecule has 0 unspecified atom stereocenters. The fraction of sp³-hybridized carbons (Fsp3) is 0.333. The van der Waals surface area contributed by atoms with Crippen LogP contribution in [-0.2, 0) is 14.3 Å². The van der Waals surface area contributed by atoms with E-state index in [1.807, 2.05) is 13.0 Å². The van der Waals surface area contributed by atoms with Crippen LogP contribution >= 0.6 is 0 Å². The molecule has 0 radical (unpaired) electrons. The Morgan fingerprint density at radius 2 is 2.12 bits per heavy atom. The van der Waals surface area contributed by atoms with Crippen LogP contribution in [-0.4, -0.2) is 12.6 Å². The lowest BCUT2D eigenvalue weighted by atomic mass is 9.82. The first-order valence-corrected chi connectivity index (χ1v) is 7.77. The van der Waals surface area contributed by atoms with Crippen molar-refractivity contribution >= 4 is 5.97 Å². The minimum atomic E-state index is -0.939. The van der Waals surface area contributed by atoms with Gasteiger partial charge in [-0.3, -0.25) is 0 Å². The molecular weight excluding hydrogens is 311 g/mol. The molecule has 2 rings (SSSR count). The van der Waals surface area contributed by atoms with Crippen LogP contribution in [0.25, 0.3) is 0 Å². The van der Waals surface area contributed by atoms with Crippen molar-refractivity contribution < 1.29 is 18.7 Å². The lowest BCUT2D eigenvalue weighted by Crippen LogP contribution is -2.26. The molecule has 1 aliphatic heterocycles. The molecule has 1 aromatic rings. The number of nitriles is 1. The van der Waals surface area contributed by atoms with Crippen LogP contribution in [0, 0.1) is 17.1 Å². The SMILES string of the molecule is CCCC1=C(C(=O)OCC)[C@H](c2ccccc2F)C(C#N)=C(N)O1. The predicted molar refractivity (Wildman–Crippen MR) is 85.6 cm³/mol. The van der Waals surface area contributed by atoms with E-state index in [4.69, 9.17) is 15.2 Å². The van der Waals surface area contributed by atoms with E-state index in [2.05, 4.69) is 0 Å².